The lowest BCUT2D eigenvalue weighted by Gasteiger charge is -2.14. The van der Waals surface area contributed by atoms with Gasteiger partial charge in [-0.1, -0.05) is 0 Å². The molecule has 1 aliphatic rings. The van der Waals surface area contributed by atoms with Gasteiger partial charge in [-0.3, -0.25) is 0 Å². The fraction of sp³-hybridized carbons (Fsp3) is 0.538. The molecule has 1 saturated heterocycles. The number of hydrazone groups is 1. The Morgan fingerprint density at radius 1 is 1.58 bits per heavy atom. The van der Waals surface area contributed by atoms with E-state index in [9.17, 15) is 0 Å². The van der Waals surface area contributed by atoms with Crippen molar-refractivity contribution in [3.8, 4) is 0 Å². The number of nitrogens with zero attached hydrogens (tertiary/aromatic N) is 2. The Labute approximate surface area is 113 Å². The van der Waals surface area contributed by atoms with Gasteiger partial charge in [0.2, 0.25) is 6.21 Å². The van der Waals surface area contributed by atoms with E-state index in [0.717, 1.165) is 31.6 Å². The highest BCUT2D eigenvalue weighted by molar-refractivity contribution is 5.78. The average molecular weight is 264 g/mol. The number of guanidine groups is 1. The number of aromatic nitrogens is 1. The number of hydrogen-bond acceptors (Lipinski definition) is 2. The monoisotopic (exact) mass is 264 g/mol. The molecule has 0 amide bonds. The first-order chi connectivity index (χ1) is 9.08. The van der Waals surface area contributed by atoms with Crippen LogP contribution in [0.15, 0.2) is 11.2 Å². The molecule has 19 heavy (non-hydrogen) atoms. The normalized spacial score (nSPS) is 19.2. The SMILES string of the molecule is Cc1cc(/C=[NH+]/N=C(N)N)c(C)n1C[C@@H]1CCCO1. The molecule has 2 heterocycles. The molecule has 1 atom stereocenters. The minimum absolute atomic E-state index is 0.0180. The Kier molecular flexibility index (Phi) is 4.21. The molecule has 1 fully saturated rings. The Bertz CT molecular complexity index is 493. The van der Waals surface area contributed by atoms with Crippen molar-refractivity contribution in [2.24, 2.45) is 16.6 Å². The maximum Gasteiger partial charge on any atom is 0.256 e. The molecule has 0 radical (unpaired) electrons. The van der Waals surface area contributed by atoms with Gasteiger partial charge in [-0.25, -0.2) is 0 Å². The van der Waals surface area contributed by atoms with Crippen molar-refractivity contribution in [1.82, 2.24) is 4.57 Å². The summed E-state index contributed by atoms with van der Waals surface area (Å²) >= 11 is 0. The van der Waals surface area contributed by atoms with Gasteiger partial charge in [-0.15, -0.1) is 5.10 Å². The number of rotatable bonds is 4. The van der Waals surface area contributed by atoms with E-state index < -0.39 is 0 Å². The number of nitrogens with two attached hydrogens (primary N) is 2. The molecule has 6 nitrogen and oxygen atoms in total. The molecule has 0 aromatic carbocycles. The first kappa shape index (κ1) is 13.6. The quantitative estimate of drug-likeness (QED) is 0.369. The molecule has 104 valence electrons. The Morgan fingerprint density at radius 3 is 3.00 bits per heavy atom. The fourth-order valence-corrected chi connectivity index (χ4v) is 2.42. The van der Waals surface area contributed by atoms with Crippen LogP contribution in [0.25, 0.3) is 0 Å². The van der Waals surface area contributed by atoms with Crippen molar-refractivity contribution in [2.45, 2.75) is 39.3 Å². The van der Waals surface area contributed by atoms with Crippen LogP contribution in [0.1, 0.15) is 29.8 Å². The summed E-state index contributed by atoms with van der Waals surface area (Å²) in [6.45, 7) is 5.98. The third-order valence-electron chi connectivity index (χ3n) is 3.44. The largest absolute Gasteiger partial charge is 0.376 e. The molecule has 0 bridgehead atoms. The molecule has 2 rings (SSSR count). The molecule has 5 N–H and O–H groups in total. The molecule has 0 saturated carbocycles. The summed E-state index contributed by atoms with van der Waals surface area (Å²) in [5, 5.41) is 6.48. The molecular weight excluding hydrogens is 242 g/mol. The van der Waals surface area contributed by atoms with Crippen molar-refractivity contribution in [2.75, 3.05) is 6.61 Å². The van der Waals surface area contributed by atoms with Crippen LogP contribution in [0.5, 0.6) is 0 Å². The van der Waals surface area contributed by atoms with Crippen LogP contribution in [-0.2, 0) is 11.3 Å². The third-order valence-corrected chi connectivity index (χ3v) is 3.44. The number of ether oxygens (including phenoxy) is 1. The molecule has 1 aliphatic heterocycles. The summed E-state index contributed by atoms with van der Waals surface area (Å²) < 4.78 is 7.96. The second kappa shape index (κ2) is 5.88. The third kappa shape index (κ3) is 3.35. The number of hydrogen-bond donors (Lipinski definition) is 3. The summed E-state index contributed by atoms with van der Waals surface area (Å²) in [6, 6.07) is 2.11. The van der Waals surface area contributed by atoms with Gasteiger partial charge in [0.25, 0.3) is 5.96 Å². The van der Waals surface area contributed by atoms with Crippen LogP contribution >= 0.6 is 0 Å². The van der Waals surface area contributed by atoms with E-state index in [4.69, 9.17) is 16.2 Å². The van der Waals surface area contributed by atoms with Gasteiger partial charge in [-0.2, -0.15) is 0 Å². The molecule has 1 aromatic heterocycles. The first-order valence-electron chi connectivity index (χ1n) is 6.53. The summed E-state index contributed by atoms with van der Waals surface area (Å²) in [7, 11) is 0. The van der Waals surface area contributed by atoms with Crippen LogP contribution in [0.3, 0.4) is 0 Å². The Morgan fingerprint density at radius 2 is 2.37 bits per heavy atom. The lowest BCUT2D eigenvalue weighted by atomic mass is 10.2. The smallest absolute Gasteiger partial charge is 0.256 e. The zero-order chi connectivity index (χ0) is 13.8. The molecule has 0 aliphatic carbocycles. The highest BCUT2D eigenvalue weighted by Crippen LogP contribution is 2.19. The second-order valence-electron chi connectivity index (χ2n) is 4.88. The highest BCUT2D eigenvalue weighted by atomic mass is 16.5. The topological polar surface area (TPSA) is 92.5 Å². The van der Waals surface area contributed by atoms with E-state index in [1.54, 1.807) is 6.21 Å². The Balaban J connectivity index is 2.14. The molecule has 1 aromatic rings. The Hall–Kier alpha value is -1.82. The first-order valence-corrected chi connectivity index (χ1v) is 6.53. The fourth-order valence-electron chi connectivity index (χ4n) is 2.42. The predicted octanol–water partition coefficient (Wildman–Crippen LogP) is -1.03. The van der Waals surface area contributed by atoms with Crippen LogP contribution in [0.4, 0.5) is 0 Å². The van der Waals surface area contributed by atoms with E-state index in [0.29, 0.717) is 6.10 Å². The number of aryl methyl sites for hydroxylation is 1. The lowest BCUT2D eigenvalue weighted by molar-refractivity contribution is -0.456. The highest BCUT2D eigenvalue weighted by Gasteiger charge is 2.18. The average Bonchev–Trinajstić information content (AvgIpc) is 2.93. The van der Waals surface area contributed by atoms with Crippen molar-refractivity contribution in [3.05, 3.63) is 23.0 Å². The molecule has 0 unspecified atom stereocenters. The van der Waals surface area contributed by atoms with Crippen molar-refractivity contribution in [1.29, 1.82) is 0 Å². The molecular formula is C13H22N5O+. The second-order valence-corrected chi connectivity index (χ2v) is 4.88. The van der Waals surface area contributed by atoms with Gasteiger partial charge in [0.15, 0.2) is 0 Å². The van der Waals surface area contributed by atoms with Crippen LogP contribution < -0.4 is 16.6 Å². The summed E-state index contributed by atoms with van der Waals surface area (Å²) in [4.78, 5) is 0. The van der Waals surface area contributed by atoms with E-state index in [-0.39, 0.29) is 5.96 Å². The molecule has 0 spiro atoms. The maximum atomic E-state index is 5.69. The van der Waals surface area contributed by atoms with Gasteiger partial charge >= 0.3 is 0 Å². The maximum absolute atomic E-state index is 5.69. The minimum Gasteiger partial charge on any atom is -0.376 e. The van der Waals surface area contributed by atoms with E-state index >= 15 is 0 Å². The standard InChI is InChI=1S/C13H21N5O/c1-9-6-11(7-16-17-13(14)15)10(2)18(9)8-12-4-3-5-19-12/h6-7,12H,3-5,8H2,1-2H3,(H4,14,15,17)/p+1/b16-7+/t12-/m0/s1. The van der Waals surface area contributed by atoms with Crippen LogP contribution in [0.2, 0.25) is 0 Å². The van der Waals surface area contributed by atoms with Gasteiger partial charge < -0.3 is 20.8 Å². The van der Waals surface area contributed by atoms with Crippen LogP contribution in [0, 0.1) is 13.8 Å². The lowest BCUT2D eigenvalue weighted by Crippen LogP contribution is -2.63. The van der Waals surface area contributed by atoms with E-state index in [1.165, 1.54) is 11.4 Å². The van der Waals surface area contributed by atoms with Crippen LogP contribution in [-0.4, -0.2) is 29.5 Å². The molecule has 6 heteroatoms. The number of nitrogens with one attached hydrogen (secondary N) is 1. The van der Waals surface area contributed by atoms with Crippen molar-refractivity contribution in [3.63, 3.8) is 0 Å². The minimum atomic E-state index is 0.0180. The summed E-state index contributed by atoms with van der Waals surface area (Å²) in [5.41, 5.74) is 14.0. The summed E-state index contributed by atoms with van der Waals surface area (Å²) in [5.74, 6) is 0.0180. The van der Waals surface area contributed by atoms with Crippen molar-refractivity contribution >= 4 is 12.2 Å². The van der Waals surface area contributed by atoms with Gasteiger partial charge in [0.05, 0.1) is 11.7 Å². The predicted molar refractivity (Wildman–Crippen MR) is 74.8 cm³/mol. The van der Waals surface area contributed by atoms with Crippen molar-refractivity contribution < 1.29 is 9.84 Å². The summed E-state index contributed by atoms with van der Waals surface area (Å²) in [6.07, 6.45) is 4.44. The van der Waals surface area contributed by atoms with E-state index in [1.807, 2.05) is 0 Å². The van der Waals surface area contributed by atoms with E-state index in [2.05, 4.69) is 34.7 Å². The zero-order valence-corrected chi connectivity index (χ0v) is 11.5. The van der Waals surface area contributed by atoms with Gasteiger partial charge in [0, 0.05) is 29.6 Å². The zero-order valence-electron chi connectivity index (χ0n) is 11.5. The van der Waals surface area contributed by atoms with Gasteiger partial charge in [0.1, 0.15) is 0 Å². The van der Waals surface area contributed by atoms with Gasteiger partial charge in [-0.05, 0) is 32.8 Å².